The summed E-state index contributed by atoms with van der Waals surface area (Å²) in [6, 6.07) is 21.9. The van der Waals surface area contributed by atoms with Crippen molar-refractivity contribution >= 4 is 34.6 Å². The second-order valence-corrected chi connectivity index (χ2v) is 7.33. The number of pyridine rings is 1. The molecule has 4 aromatic rings. The van der Waals surface area contributed by atoms with Crippen LogP contribution in [0.3, 0.4) is 0 Å². The highest BCUT2D eigenvalue weighted by atomic mass is 35.5. The van der Waals surface area contributed by atoms with Crippen molar-refractivity contribution in [3.8, 4) is 22.8 Å². The van der Waals surface area contributed by atoms with Gasteiger partial charge >= 0.3 is 0 Å². The number of hydrogen-bond acceptors (Lipinski definition) is 5. The van der Waals surface area contributed by atoms with Crippen molar-refractivity contribution in [2.24, 2.45) is 5.10 Å². The van der Waals surface area contributed by atoms with Gasteiger partial charge in [-0.2, -0.15) is 5.10 Å². The second kappa shape index (κ2) is 9.49. The number of aromatic nitrogens is 1. The number of hydrazone groups is 1. The van der Waals surface area contributed by atoms with Crippen LogP contribution in [0.1, 0.15) is 15.9 Å². The predicted molar refractivity (Wildman–Crippen MR) is 127 cm³/mol. The molecule has 0 atom stereocenters. The normalized spacial score (nSPS) is 11.0. The molecule has 0 radical (unpaired) electrons. The van der Waals surface area contributed by atoms with E-state index in [1.54, 1.807) is 50.8 Å². The minimum Gasteiger partial charge on any atom is -0.493 e. The topological polar surface area (TPSA) is 72.8 Å². The number of nitrogens with one attached hydrogen (secondary N) is 1. The summed E-state index contributed by atoms with van der Waals surface area (Å²) in [7, 11) is 3.14. The highest BCUT2D eigenvalue weighted by molar-refractivity contribution is 6.30. The van der Waals surface area contributed by atoms with E-state index in [9.17, 15) is 4.79 Å². The van der Waals surface area contributed by atoms with Crippen LogP contribution in [0.15, 0.2) is 77.9 Å². The molecule has 0 aliphatic heterocycles. The SMILES string of the molecule is COc1ccc(C=NNC(=O)c2cc(-c3ccc(Cl)cc3)nc3ccccc23)cc1OC. The molecule has 4 rings (SSSR count). The summed E-state index contributed by atoms with van der Waals surface area (Å²) in [5.74, 6) is 0.859. The van der Waals surface area contributed by atoms with Gasteiger partial charge in [-0.25, -0.2) is 10.4 Å². The number of halogens is 1. The Labute approximate surface area is 190 Å². The average molecular weight is 446 g/mol. The zero-order chi connectivity index (χ0) is 22.5. The van der Waals surface area contributed by atoms with Gasteiger partial charge in [0.1, 0.15) is 0 Å². The predicted octanol–water partition coefficient (Wildman–Crippen LogP) is 5.34. The van der Waals surface area contributed by atoms with E-state index in [0.717, 1.165) is 16.5 Å². The maximum Gasteiger partial charge on any atom is 0.272 e. The molecule has 1 heterocycles. The molecule has 0 saturated heterocycles. The van der Waals surface area contributed by atoms with Crippen LogP contribution in [0.25, 0.3) is 22.2 Å². The van der Waals surface area contributed by atoms with Crippen molar-refractivity contribution in [1.29, 1.82) is 0 Å². The Balaban J connectivity index is 1.63. The molecule has 160 valence electrons. The quantitative estimate of drug-likeness (QED) is 0.321. The maximum absolute atomic E-state index is 13.0. The van der Waals surface area contributed by atoms with Crippen molar-refractivity contribution in [3.05, 3.63) is 88.9 Å². The summed E-state index contributed by atoms with van der Waals surface area (Å²) in [4.78, 5) is 17.7. The molecule has 0 bridgehead atoms. The molecule has 0 unspecified atom stereocenters. The van der Waals surface area contributed by atoms with Crippen molar-refractivity contribution in [2.45, 2.75) is 0 Å². The minimum atomic E-state index is -0.337. The number of carbonyl (C=O) groups is 1. The molecular weight excluding hydrogens is 426 g/mol. The molecule has 0 aliphatic carbocycles. The molecule has 0 saturated carbocycles. The van der Waals surface area contributed by atoms with Crippen LogP contribution in [0.4, 0.5) is 0 Å². The number of benzene rings is 3. The highest BCUT2D eigenvalue weighted by Gasteiger charge is 2.13. The zero-order valence-electron chi connectivity index (χ0n) is 17.5. The number of para-hydroxylation sites is 1. The summed E-state index contributed by atoms with van der Waals surface area (Å²) in [6.45, 7) is 0. The Morgan fingerprint density at radius 2 is 1.72 bits per heavy atom. The van der Waals surface area contributed by atoms with Gasteiger partial charge in [-0.1, -0.05) is 41.9 Å². The number of rotatable bonds is 6. The average Bonchev–Trinajstić information content (AvgIpc) is 2.83. The Kier molecular flexibility index (Phi) is 6.33. The van der Waals surface area contributed by atoms with Crippen LogP contribution in [-0.4, -0.2) is 31.3 Å². The molecule has 1 aromatic heterocycles. The second-order valence-electron chi connectivity index (χ2n) is 6.89. The van der Waals surface area contributed by atoms with Gasteiger partial charge in [0.15, 0.2) is 11.5 Å². The molecule has 6 nitrogen and oxygen atoms in total. The summed E-state index contributed by atoms with van der Waals surface area (Å²) in [5.41, 5.74) is 6.09. The number of fused-ring (bicyclic) bond motifs is 1. The number of hydrogen-bond donors (Lipinski definition) is 1. The van der Waals surface area contributed by atoms with E-state index in [1.807, 2.05) is 42.5 Å². The molecular formula is C25H20ClN3O3. The van der Waals surface area contributed by atoms with Crippen LogP contribution in [0.5, 0.6) is 11.5 Å². The van der Waals surface area contributed by atoms with E-state index in [4.69, 9.17) is 26.1 Å². The van der Waals surface area contributed by atoms with Gasteiger partial charge in [0.25, 0.3) is 5.91 Å². The maximum atomic E-state index is 13.0. The highest BCUT2D eigenvalue weighted by Crippen LogP contribution is 2.27. The van der Waals surface area contributed by atoms with Crippen molar-refractivity contribution in [1.82, 2.24) is 10.4 Å². The molecule has 7 heteroatoms. The van der Waals surface area contributed by atoms with E-state index in [2.05, 4.69) is 10.5 Å². The van der Waals surface area contributed by atoms with Crippen LogP contribution in [0.2, 0.25) is 5.02 Å². The van der Waals surface area contributed by atoms with Crippen LogP contribution < -0.4 is 14.9 Å². The molecule has 0 spiro atoms. The van der Waals surface area contributed by atoms with E-state index < -0.39 is 0 Å². The summed E-state index contributed by atoms with van der Waals surface area (Å²) < 4.78 is 10.5. The van der Waals surface area contributed by atoms with Crippen molar-refractivity contribution in [3.63, 3.8) is 0 Å². The number of amides is 1. The van der Waals surface area contributed by atoms with Crippen LogP contribution >= 0.6 is 11.6 Å². The summed E-state index contributed by atoms with van der Waals surface area (Å²) >= 11 is 6.00. The lowest BCUT2D eigenvalue weighted by molar-refractivity contribution is 0.0956. The van der Waals surface area contributed by atoms with Gasteiger partial charge in [0.05, 0.1) is 37.2 Å². The van der Waals surface area contributed by atoms with E-state index in [-0.39, 0.29) is 5.91 Å². The number of ether oxygens (including phenoxy) is 2. The fraction of sp³-hybridized carbons (Fsp3) is 0.0800. The lowest BCUT2D eigenvalue weighted by Gasteiger charge is -2.09. The molecule has 0 aliphatic rings. The Morgan fingerprint density at radius 3 is 2.47 bits per heavy atom. The first-order valence-corrected chi connectivity index (χ1v) is 10.2. The first-order chi connectivity index (χ1) is 15.6. The zero-order valence-corrected chi connectivity index (χ0v) is 18.3. The summed E-state index contributed by atoms with van der Waals surface area (Å²) in [6.07, 6.45) is 1.54. The van der Waals surface area contributed by atoms with Crippen LogP contribution in [0, 0.1) is 0 Å². The minimum absolute atomic E-state index is 0.337. The van der Waals surface area contributed by atoms with Gasteiger partial charge in [-0.3, -0.25) is 4.79 Å². The Bertz CT molecular complexity index is 1300. The van der Waals surface area contributed by atoms with Gasteiger partial charge in [0, 0.05) is 16.0 Å². The largest absolute Gasteiger partial charge is 0.493 e. The smallest absolute Gasteiger partial charge is 0.272 e. The Hall–Kier alpha value is -3.90. The van der Waals surface area contributed by atoms with Crippen molar-refractivity contribution < 1.29 is 14.3 Å². The standard InChI is InChI=1S/C25H20ClN3O3/c1-31-23-12-7-16(13-24(23)32-2)15-27-29-25(30)20-14-22(17-8-10-18(26)11-9-17)28-21-6-4-3-5-19(20)21/h3-15H,1-2H3,(H,29,30). The van der Waals surface area contributed by atoms with Gasteiger partial charge in [-0.05, 0) is 48.0 Å². The molecule has 0 fully saturated rings. The molecule has 1 N–H and O–H groups in total. The third kappa shape index (κ3) is 4.55. The van der Waals surface area contributed by atoms with Gasteiger partial charge in [-0.15, -0.1) is 0 Å². The number of carbonyl (C=O) groups excluding carboxylic acids is 1. The van der Waals surface area contributed by atoms with Crippen LogP contribution in [-0.2, 0) is 0 Å². The fourth-order valence-corrected chi connectivity index (χ4v) is 3.42. The lowest BCUT2D eigenvalue weighted by atomic mass is 10.0. The van der Waals surface area contributed by atoms with Gasteiger partial charge in [0.2, 0.25) is 0 Å². The third-order valence-electron chi connectivity index (χ3n) is 4.89. The first-order valence-electron chi connectivity index (χ1n) is 9.80. The fourth-order valence-electron chi connectivity index (χ4n) is 3.29. The first kappa shape index (κ1) is 21.3. The third-order valence-corrected chi connectivity index (χ3v) is 5.14. The molecule has 3 aromatic carbocycles. The lowest BCUT2D eigenvalue weighted by Crippen LogP contribution is -2.18. The van der Waals surface area contributed by atoms with E-state index in [1.165, 1.54) is 0 Å². The molecule has 32 heavy (non-hydrogen) atoms. The number of methoxy groups -OCH3 is 2. The van der Waals surface area contributed by atoms with Crippen molar-refractivity contribution in [2.75, 3.05) is 14.2 Å². The number of nitrogens with zero attached hydrogens (tertiary/aromatic N) is 2. The van der Waals surface area contributed by atoms with E-state index in [0.29, 0.717) is 33.3 Å². The summed E-state index contributed by atoms with van der Waals surface area (Å²) in [5, 5.41) is 5.49. The van der Waals surface area contributed by atoms with E-state index >= 15 is 0 Å². The monoisotopic (exact) mass is 445 g/mol. The van der Waals surface area contributed by atoms with Gasteiger partial charge < -0.3 is 9.47 Å². The molecule has 1 amide bonds. The Morgan fingerprint density at radius 1 is 0.969 bits per heavy atom.